The Morgan fingerprint density at radius 3 is 2.85 bits per heavy atom. The summed E-state index contributed by atoms with van der Waals surface area (Å²) in [6.45, 7) is 1.67. The highest BCUT2D eigenvalue weighted by Gasteiger charge is 2.34. The third kappa shape index (κ3) is 3.36. The molecule has 0 bridgehead atoms. The van der Waals surface area contributed by atoms with Crippen LogP contribution >= 0.6 is 24.0 Å². The molecule has 1 aliphatic rings. The number of fused-ring (bicyclic) bond motifs is 1. The topological polar surface area (TPSA) is 75.4 Å². The summed E-state index contributed by atoms with van der Waals surface area (Å²) in [5.74, 6) is -0.383. The first-order chi connectivity index (χ1) is 13.0. The summed E-state index contributed by atoms with van der Waals surface area (Å²) in [6.07, 6.45) is 3.08. The van der Waals surface area contributed by atoms with Crippen LogP contribution in [0.3, 0.4) is 0 Å². The Hall–Kier alpha value is -2.97. The zero-order valence-electron chi connectivity index (χ0n) is 14.1. The molecule has 8 heteroatoms. The maximum absolute atomic E-state index is 12.7. The molecule has 1 aliphatic heterocycles. The molecule has 27 heavy (non-hydrogen) atoms. The van der Waals surface area contributed by atoms with Gasteiger partial charge in [-0.05, 0) is 43.4 Å². The number of rotatable bonds is 3. The number of para-hydroxylation sites is 1. The average Bonchev–Trinajstić information content (AvgIpc) is 3.20. The first kappa shape index (κ1) is 17.4. The number of pyridine rings is 1. The fourth-order valence-electron chi connectivity index (χ4n) is 2.64. The van der Waals surface area contributed by atoms with Gasteiger partial charge in [0.05, 0.1) is 27.9 Å². The molecule has 4 rings (SSSR count). The van der Waals surface area contributed by atoms with Gasteiger partial charge in [0.2, 0.25) is 0 Å². The summed E-state index contributed by atoms with van der Waals surface area (Å²) in [5, 5.41) is 2.09. The lowest BCUT2D eigenvalue weighted by molar-refractivity contribution is -0.123. The second kappa shape index (κ2) is 6.98. The van der Waals surface area contributed by atoms with Crippen LogP contribution in [0, 0.1) is 6.92 Å². The number of furan rings is 1. The lowest BCUT2D eigenvalue weighted by atomic mass is 10.2. The molecular formula is C19H13N3O3S2. The molecule has 0 saturated carbocycles. The number of carbonyl (C=O) groups is 2. The molecule has 1 fully saturated rings. The molecular weight excluding hydrogens is 382 g/mol. The number of hydrogen-bond acceptors (Lipinski definition) is 6. The molecule has 1 aromatic carbocycles. The minimum atomic E-state index is -0.456. The Morgan fingerprint density at radius 1 is 1.26 bits per heavy atom. The number of nitrogens with zero attached hydrogens (tertiary/aromatic N) is 2. The number of aryl methyl sites for hydroxylation is 1. The van der Waals surface area contributed by atoms with Crippen LogP contribution in [0.4, 0.5) is 0 Å². The molecule has 0 radical (unpaired) electrons. The van der Waals surface area contributed by atoms with E-state index in [1.807, 2.05) is 36.4 Å². The minimum absolute atomic E-state index is 0.251. The van der Waals surface area contributed by atoms with Crippen molar-refractivity contribution in [2.75, 3.05) is 0 Å². The van der Waals surface area contributed by atoms with Crippen molar-refractivity contribution in [2.24, 2.45) is 0 Å². The van der Waals surface area contributed by atoms with Crippen LogP contribution in [-0.2, 0) is 4.79 Å². The van der Waals surface area contributed by atoms with Crippen LogP contribution in [0.5, 0.6) is 0 Å². The summed E-state index contributed by atoms with van der Waals surface area (Å²) in [6, 6.07) is 13.0. The second-order valence-electron chi connectivity index (χ2n) is 5.78. The van der Waals surface area contributed by atoms with E-state index >= 15 is 0 Å². The molecule has 0 spiro atoms. The lowest BCUT2D eigenvalue weighted by Gasteiger charge is -2.15. The van der Waals surface area contributed by atoms with Gasteiger partial charge in [0.1, 0.15) is 5.76 Å². The van der Waals surface area contributed by atoms with E-state index in [1.54, 1.807) is 13.0 Å². The van der Waals surface area contributed by atoms with Crippen molar-refractivity contribution in [1.29, 1.82) is 0 Å². The van der Waals surface area contributed by atoms with Crippen LogP contribution in [-0.4, -0.2) is 26.1 Å². The van der Waals surface area contributed by atoms with E-state index in [-0.39, 0.29) is 4.32 Å². The molecule has 6 nitrogen and oxygen atoms in total. The Balaban J connectivity index is 1.57. The van der Waals surface area contributed by atoms with Crippen LogP contribution < -0.4 is 5.43 Å². The number of thiocarbonyl (C=S) groups is 1. The monoisotopic (exact) mass is 395 g/mol. The normalized spacial score (nSPS) is 15.7. The Morgan fingerprint density at radius 2 is 2.07 bits per heavy atom. The number of hydrazine groups is 1. The molecule has 134 valence electrons. The SMILES string of the molecule is Cc1occc1C(=O)NN1C(=O)/C(=C/c2ccc3ccccc3n2)SC1=S. The molecule has 1 N–H and O–H groups in total. The van der Waals surface area contributed by atoms with Crippen molar-refractivity contribution >= 4 is 57.1 Å². The van der Waals surface area contributed by atoms with Crippen LogP contribution in [0.25, 0.3) is 17.0 Å². The number of benzene rings is 1. The molecule has 0 aliphatic carbocycles. The van der Waals surface area contributed by atoms with Gasteiger partial charge < -0.3 is 4.42 Å². The van der Waals surface area contributed by atoms with Gasteiger partial charge in [0.15, 0.2) is 4.32 Å². The molecule has 0 atom stereocenters. The Bertz CT molecular complexity index is 1120. The highest BCUT2D eigenvalue weighted by Crippen LogP contribution is 2.31. The number of aromatic nitrogens is 1. The molecule has 2 aromatic heterocycles. The minimum Gasteiger partial charge on any atom is -0.469 e. The van der Waals surface area contributed by atoms with Gasteiger partial charge >= 0.3 is 0 Å². The number of amides is 2. The van der Waals surface area contributed by atoms with Gasteiger partial charge in [0.25, 0.3) is 11.8 Å². The summed E-state index contributed by atoms with van der Waals surface area (Å²) in [7, 11) is 0. The van der Waals surface area contributed by atoms with E-state index in [9.17, 15) is 9.59 Å². The third-order valence-corrected chi connectivity index (χ3v) is 5.31. The fraction of sp³-hybridized carbons (Fsp3) is 0.0526. The van der Waals surface area contributed by atoms with Crippen molar-refractivity contribution in [3.8, 4) is 0 Å². The standard InChI is InChI=1S/C19H13N3O3S2/c1-11-14(8-9-25-11)17(23)21-22-18(24)16(27-19(22)26)10-13-7-6-12-4-2-3-5-15(12)20-13/h2-10H,1H3,(H,21,23)/b16-10-. The van der Waals surface area contributed by atoms with E-state index in [0.29, 0.717) is 21.9 Å². The predicted molar refractivity (Wildman–Crippen MR) is 108 cm³/mol. The first-order valence-electron chi connectivity index (χ1n) is 8.02. The summed E-state index contributed by atoms with van der Waals surface area (Å²) < 4.78 is 5.37. The fourth-order valence-corrected chi connectivity index (χ4v) is 3.81. The summed E-state index contributed by atoms with van der Waals surface area (Å²) in [4.78, 5) is 29.9. The van der Waals surface area contributed by atoms with Gasteiger partial charge in [-0.15, -0.1) is 0 Å². The lowest BCUT2D eigenvalue weighted by Crippen LogP contribution is -2.44. The van der Waals surface area contributed by atoms with Crippen LogP contribution in [0.1, 0.15) is 21.8 Å². The van der Waals surface area contributed by atoms with Crippen molar-refractivity contribution in [2.45, 2.75) is 6.92 Å². The van der Waals surface area contributed by atoms with Crippen LogP contribution in [0.15, 0.2) is 58.1 Å². The number of carbonyl (C=O) groups excluding carboxylic acids is 2. The number of hydrogen-bond donors (Lipinski definition) is 1. The van der Waals surface area contributed by atoms with E-state index in [0.717, 1.165) is 27.7 Å². The number of thioether (sulfide) groups is 1. The number of nitrogens with one attached hydrogen (secondary N) is 1. The van der Waals surface area contributed by atoms with E-state index in [2.05, 4.69) is 10.4 Å². The van der Waals surface area contributed by atoms with Crippen molar-refractivity contribution in [1.82, 2.24) is 15.4 Å². The highest BCUT2D eigenvalue weighted by molar-refractivity contribution is 8.26. The largest absolute Gasteiger partial charge is 0.469 e. The highest BCUT2D eigenvalue weighted by atomic mass is 32.2. The molecule has 3 heterocycles. The van der Waals surface area contributed by atoms with Gasteiger partial charge in [-0.3, -0.25) is 15.0 Å². The maximum atomic E-state index is 12.7. The zero-order chi connectivity index (χ0) is 19.0. The third-order valence-electron chi connectivity index (χ3n) is 4.01. The van der Waals surface area contributed by atoms with E-state index in [4.69, 9.17) is 16.6 Å². The van der Waals surface area contributed by atoms with Gasteiger partial charge in [-0.2, -0.15) is 5.01 Å². The first-order valence-corrected chi connectivity index (χ1v) is 9.24. The van der Waals surface area contributed by atoms with Crippen molar-refractivity contribution in [3.05, 3.63) is 70.7 Å². The van der Waals surface area contributed by atoms with Gasteiger partial charge in [-0.1, -0.05) is 36.0 Å². The summed E-state index contributed by atoms with van der Waals surface area (Å²) in [5.41, 5.74) is 4.36. The Kier molecular flexibility index (Phi) is 4.51. The molecule has 0 unspecified atom stereocenters. The van der Waals surface area contributed by atoms with E-state index < -0.39 is 11.8 Å². The average molecular weight is 395 g/mol. The van der Waals surface area contributed by atoms with Crippen molar-refractivity contribution in [3.63, 3.8) is 0 Å². The van der Waals surface area contributed by atoms with Gasteiger partial charge in [-0.25, -0.2) is 4.98 Å². The van der Waals surface area contributed by atoms with Crippen LogP contribution in [0.2, 0.25) is 0 Å². The zero-order valence-corrected chi connectivity index (χ0v) is 15.8. The Labute approximate surface area is 164 Å². The summed E-state index contributed by atoms with van der Waals surface area (Å²) >= 11 is 6.35. The molecule has 2 amide bonds. The van der Waals surface area contributed by atoms with Crippen molar-refractivity contribution < 1.29 is 14.0 Å². The second-order valence-corrected chi connectivity index (χ2v) is 7.45. The molecule has 1 saturated heterocycles. The quantitative estimate of drug-likeness (QED) is 0.539. The maximum Gasteiger partial charge on any atom is 0.285 e. The molecule has 3 aromatic rings. The van der Waals surface area contributed by atoms with Gasteiger partial charge in [0, 0.05) is 5.39 Å². The smallest absolute Gasteiger partial charge is 0.285 e. The predicted octanol–water partition coefficient (Wildman–Crippen LogP) is 3.68. The van der Waals surface area contributed by atoms with E-state index in [1.165, 1.54) is 12.3 Å².